The standard InChI is InChI=1S/C12H23ClN2/c1-3-12-11-14(2)8-6-10-15(12)9-5-4-7-13/h4-5,12H,3,6-11H2,1-2H3/b5-4+. The van der Waals surface area contributed by atoms with Gasteiger partial charge in [-0.2, -0.15) is 0 Å². The van der Waals surface area contributed by atoms with Crippen LogP contribution in [0.1, 0.15) is 19.8 Å². The van der Waals surface area contributed by atoms with E-state index in [-0.39, 0.29) is 0 Å². The molecule has 2 nitrogen and oxygen atoms in total. The summed E-state index contributed by atoms with van der Waals surface area (Å²) in [6.45, 7) is 6.98. The van der Waals surface area contributed by atoms with E-state index in [1.54, 1.807) is 0 Å². The van der Waals surface area contributed by atoms with Crippen molar-refractivity contribution in [3.05, 3.63) is 12.2 Å². The van der Waals surface area contributed by atoms with E-state index >= 15 is 0 Å². The number of halogens is 1. The van der Waals surface area contributed by atoms with Gasteiger partial charge in [-0.15, -0.1) is 11.6 Å². The molecule has 0 aromatic carbocycles. The highest BCUT2D eigenvalue weighted by atomic mass is 35.5. The fourth-order valence-electron chi connectivity index (χ4n) is 2.19. The van der Waals surface area contributed by atoms with E-state index in [2.05, 4.69) is 29.8 Å². The van der Waals surface area contributed by atoms with Crippen molar-refractivity contribution in [1.29, 1.82) is 0 Å². The molecule has 1 atom stereocenters. The van der Waals surface area contributed by atoms with E-state index in [0.29, 0.717) is 11.9 Å². The minimum Gasteiger partial charge on any atom is -0.305 e. The summed E-state index contributed by atoms with van der Waals surface area (Å²) in [5.74, 6) is 0.629. The number of likely N-dealkylation sites (N-methyl/N-ethyl adjacent to an activating group) is 1. The van der Waals surface area contributed by atoms with E-state index in [1.807, 2.05) is 6.08 Å². The van der Waals surface area contributed by atoms with Crippen molar-refractivity contribution in [2.45, 2.75) is 25.8 Å². The molecule has 1 heterocycles. The molecule has 3 heteroatoms. The maximum absolute atomic E-state index is 5.63. The summed E-state index contributed by atoms with van der Waals surface area (Å²) < 4.78 is 0. The van der Waals surface area contributed by atoms with Crippen LogP contribution in [0.25, 0.3) is 0 Å². The van der Waals surface area contributed by atoms with Crippen LogP contribution in [0.2, 0.25) is 0 Å². The van der Waals surface area contributed by atoms with Gasteiger partial charge < -0.3 is 4.90 Å². The summed E-state index contributed by atoms with van der Waals surface area (Å²) in [5.41, 5.74) is 0. The number of rotatable bonds is 4. The lowest BCUT2D eigenvalue weighted by Gasteiger charge is -2.29. The Balaban J connectivity index is 2.47. The molecule has 0 aliphatic carbocycles. The van der Waals surface area contributed by atoms with Gasteiger partial charge in [0.1, 0.15) is 0 Å². The van der Waals surface area contributed by atoms with E-state index < -0.39 is 0 Å². The Morgan fingerprint density at radius 2 is 2.13 bits per heavy atom. The molecule has 88 valence electrons. The Kier molecular flexibility index (Phi) is 6.30. The fourth-order valence-corrected chi connectivity index (χ4v) is 2.32. The predicted molar refractivity (Wildman–Crippen MR) is 67.6 cm³/mol. The van der Waals surface area contributed by atoms with Crippen LogP contribution in [0, 0.1) is 0 Å². The number of allylic oxidation sites excluding steroid dienone is 1. The molecule has 0 spiro atoms. The van der Waals surface area contributed by atoms with Crippen molar-refractivity contribution in [2.75, 3.05) is 39.1 Å². The third kappa shape index (κ3) is 4.54. The van der Waals surface area contributed by atoms with E-state index in [4.69, 9.17) is 11.6 Å². The first-order valence-electron chi connectivity index (χ1n) is 5.91. The third-order valence-electron chi connectivity index (χ3n) is 3.09. The van der Waals surface area contributed by atoms with Gasteiger partial charge in [0.15, 0.2) is 0 Å². The van der Waals surface area contributed by atoms with E-state index in [9.17, 15) is 0 Å². The van der Waals surface area contributed by atoms with Crippen molar-refractivity contribution < 1.29 is 0 Å². The zero-order valence-electron chi connectivity index (χ0n) is 9.95. The van der Waals surface area contributed by atoms with Crippen LogP contribution < -0.4 is 0 Å². The second-order valence-electron chi connectivity index (χ2n) is 4.30. The Labute approximate surface area is 98.9 Å². The maximum atomic E-state index is 5.63. The summed E-state index contributed by atoms with van der Waals surface area (Å²) in [4.78, 5) is 5.02. The summed E-state index contributed by atoms with van der Waals surface area (Å²) in [7, 11) is 2.22. The van der Waals surface area contributed by atoms with Gasteiger partial charge in [0.2, 0.25) is 0 Å². The van der Waals surface area contributed by atoms with Crippen molar-refractivity contribution >= 4 is 11.6 Å². The smallest absolute Gasteiger partial charge is 0.0404 e. The van der Waals surface area contributed by atoms with Crippen molar-refractivity contribution in [3.63, 3.8) is 0 Å². The minimum absolute atomic E-state index is 0.629. The third-order valence-corrected chi connectivity index (χ3v) is 3.27. The molecule has 15 heavy (non-hydrogen) atoms. The van der Waals surface area contributed by atoms with Crippen LogP contribution in [0.4, 0.5) is 0 Å². The summed E-state index contributed by atoms with van der Waals surface area (Å²) in [5, 5.41) is 0. The summed E-state index contributed by atoms with van der Waals surface area (Å²) in [6, 6.07) is 0.706. The average molecular weight is 231 g/mol. The first-order valence-corrected chi connectivity index (χ1v) is 6.45. The highest BCUT2D eigenvalue weighted by Crippen LogP contribution is 2.11. The lowest BCUT2D eigenvalue weighted by molar-refractivity contribution is 0.201. The number of alkyl halides is 1. The first-order chi connectivity index (χ1) is 7.27. The number of hydrogen-bond donors (Lipinski definition) is 0. The molecule has 0 aromatic rings. The molecule has 1 unspecified atom stereocenters. The molecule has 1 aliphatic rings. The second kappa shape index (κ2) is 7.26. The summed E-state index contributed by atoms with van der Waals surface area (Å²) in [6.07, 6.45) is 6.75. The van der Waals surface area contributed by atoms with Crippen LogP contribution >= 0.6 is 11.6 Å². The Hall–Kier alpha value is -0.0500. The second-order valence-corrected chi connectivity index (χ2v) is 4.61. The van der Waals surface area contributed by atoms with Gasteiger partial charge in [0.25, 0.3) is 0 Å². The lowest BCUT2D eigenvalue weighted by atomic mass is 10.2. The van der Waals surface area contributed by atoms with Crippen LogP contribution in [0.3, 0.4) is 0 Å². The van der Waals surface area contributed by atoms with Crippen molar-refractivity contribution in [2.24, 2.45) is 0 Å². The van der Waals surface area contributed by atoms with Gasteiger partial charge in [0, 0.05) is 31.6 Å². The van der Waals surface area contributed by atoms with Gasteiger partial charge in [-0.1, -0.05) is 19.1 Å². The van der Waals surface area contributed by atoms with Crippen molar-refractivity contribution in [1.82, 2.24) is 9.80 Å². The number of nitrogens with zero attached hydrogens (tertiary/aromatic N) is 2. The molecule has 1 rings (SSSR count). The fraction of sp³-hybridized carbons (Fsp3) is 0.833. The monoisotopic (exact) mass is 230 g/mol. The molecule has 1 aliphatic heterocycles. The molecule has 0 saturated carbocycles. The molecule has 0 bridgehead atoms. The molecule has 1 saturated heterocycles. The van der Waals surface area contributed by atoms with Crippen molar-refractivity contribution in [3.8, 4) is 0 Å². The van der Waals surface area contributed by atoms with Crippen LogP contribution in [0.15, 0.2) is 12.2 Å². The molecule has 0 radical (unpaired) electrons. The zero-order chi connectivity index (χ0) is 11.1. The Morgan fingerprint density at radius 3 is 2.80 bits per heavy atom. The van der Waals surface area contributed by atoms with Gasteiger partial charge in [-0.3, -0.25) is 4.90 Å². The molecular weight excluding hydrogens is 208 g/mol. The minimum atomic E-state index is 0.629. The van der Waals surface area contributed by atoms with Gasteiger partial charge in [-0.05, 0) is 26.4 Å². The molecule has 1 fully saturated rings. The maximum Gasteiger partial charge on any atom is 0.0404 e. The SMILES string of the molecule is CCC1CN(C)CCCN1C/C=C/CCl. The van der Waals surface area contributed by atoms with Crippen LogP contribution in [-0.4, -0.2) is 54.9 Å². The first kappa shape index (κ1) is 13.0. The molecule has 0 amide bonds. The molecule has 0 aromatic heterocycles. The lowest BCUT2D eigenvalue weighted by Crippen LogP contribution is -2.39. The normalized spacial score (nSPS) is 25.9. The predicted octanol–water partition coefficient (Wildman–Crippen LogP) is 2.20. The summed E-state index contributed by atoms with van der Waals surface area (Å²) >= 11 is 5.63. The van der Waals surface area contributed by atoms with Gasteiger partial charge >= 0.3 is 0 Å². The van der Waals surface area contributed by atoms with Crippen LogP contribution in [-0.2, 0) is 0 Å². The largest absolute Gasteiger partial charge is 0.305 e. The quantitative estimate of drug-likeness (QED) is 0.540. The Morgan fingerprint density at radius 1 is 1.33 bits per heavy atom. The Bertz CT molecular complexity index is 194. The van der Waals surface area contributed by atoms with E-state index in [1.165, 1.54) is 32.5 Å². The van der Waals surface area contributed by atoms with E-state index in [0.717, 1.165) is 6.54 Å². The average Bonchev–Trinajstić information content (AvgIpc) is 2.41. The van der Waals surface area contributed by atoms with Gasteiger partial charge in [0.05, 0.1) is 0 Å². The van der Waals surface area contributed by atoms with Gasteiger partial charge in [-0.25, -0.2) is 0 Å². The van der Waals surface area contributed by atoms with Crippen LogP contribution in [0.5, 0.6) is 0 Å². The zero-order valence-corrected chi connectivity index (χ0v) is 10.7. The molecule has 0 N–H and O–H groups in total. The topological polar surface area (TPSA) is 6.48 Å². The molecular formula is C12H23ClN2. The number of hydrogen-bond acceptors (Lipinski definition) is 2. The highest BCUT2D eigenvalue weighted by molar-refractivity contribution is 6.18. The highest BCUT2D eigenvalue weighted by Gasteiger charge is 2.20.